The van der Waals surface area contributed by atoms with E-state index in [0.717, 1.165) is 17.0 Å². The number of hydrogen-bond donors (Lipinski definition) is 1. The normalized spacial score (nSPS) is 10.5. The van der Waals surface area contributed by atoms with Crippen molar-refractivity contribution >= 4 is 5.69 Å². The molecule has 0 aromatic carbocycles. The molecular formula is C13H15N3O. The van der Waals surface area contributed by atoms with Crippen LogP contribution < -0.4 is 11.3 Å². The highest BCUT2D eigenvalue weighted by molar-refractivity contribution is 5.43. The molecule has 0 bridgehead atoms. The first-order chi connectivity index (χ1) is 8.06. The van der Waals surface area contributed by atoms with Crippen LogP contribution in [0.15, 0.2) is 35.3 Å². The minimum Gasteiger partial charge on any atom is -0.397 e. The van der Waals surface area contributed by atoms with Gasteiger partial charge in [-0.1, -0.05) is 6.07 Å². The van der Waals surface area contributed by atoms with Gasteiger partial charge < -0.3 is 10.3 Å². The predicted octanol–water partition coefficient (Wildman–Crippen LogP) is 1.49. The molecule has 4 nitrogen and oxygen atoms in total. The minimum atomic E-state index is -0.0555. The van der Waals surface area contributed by atoms with Gasteiger partial charge in [0.25, 0.3) is 5.56 Å². The number of rotatable bonds is 2. The second-order valence-corrected chi connectivity index (χ2v) is 4.15. The van der Waals surface area contributed by atoms with Crippen molar-refractivity contribution in [2.75, 3.05) is 5.73 Å². The third-order valence-electron chi connectivity index (χ3n) is 2.65. The van der Waals surface area contributed by atoms with E-state index in [9.17, 15) is 4.79 Å². The zero-order chi connectivity index (χ0) is 12.4. The third kappa shape index (κ3) is 2.53. The molecular weight excluding hydrogens is 214 g/mol. The first kappa shape index (κ1) is 11.4. The molecule has 2 heterocycles. The smallest absolute Gasteiger partial charge is 0.251 e. The molecule has 0 unspecified atom stereocenters. The van der Waals surface area contributed by atoms with E-state index in [4.69, 9.17) is 5.73 Å². The van der Waals surface area contributed by atoms with Crippen LogP contribution in [0.25, 0.3) is 0 Å². The quantitative estimate of drug-likeness (QED) is 0.848. The van der Waals surface area contributed by atoms with Crippen molar-refractivity contribution in [3.8, 4) is 0 Å². The number of pyridine rings is 2. The van der Waals surface area contributed by atoms with Crippen molar-refractivity contribution in [1.82, 2.24) is 9.55 Å². The Kier molecular flexibility index (Phi) is 2.95. The van der Waals surface area contributed by atoms with Gasteiger partial charge in [-0.2, -0.15) is 0 Å². The van der Waals surface area contributed by atoms with Crippen LogP contribution in [0, 0.1) is 13.8 Å². The molecule has 2 N–H and O–H groups in total. The molecule has 4 heteroatoms. The van der Waals surface area contributed by atoms with Gasteiger partial charge >= 0.3 is 0 Å². The summed E-state index contributed by atoms with van der Waals surface area (Å²) in [6, 6.07) is 7.30. The van der Waals surface area contributed by atoms with Gasteiger partial charge in [-0.15, -0.1) is 0 Å². The highest BCUT2D eigenvalue weighted by atomic mass is 16.1. The number of aryl methyl sites for hydroxylation is 2. The summed E-state index contributed by atoms with van der Waals surface area (Å²) in [6.07, 6.45) is 1.67. The largest absolute Gasteiger partial charge is 0.397 e. The molecule has 2 aromatic heterocycles. The van der Waals surface area contributed by atoms with Gasteiger partial charge in [0.15, 0.2) is 0 Å². The van der Waals surface area contributed by atoms with E-state index in [2.05, 4.69) is 4.98 Å². The molecule has 0 amide bonds. The van der Waals surface area contributed by atoms with Crippen LogP contribution in [0.3, 0.4) is 0 Å². The van der Waals surface area contributed by atoms with E-state index >= 15 is 0 Å². The lowest BCUT2D eigenvalue weighted by atomic mass is 10.2. The molecule has 0 fully saturated rings. The van der Waals surface area contributed by atoms with E-state index in [0.29, 0.717) is 12.2 Å². The van der Waals surface area contributed by atoms with Crippen LogP contribution in [0.1, 0.15) is 17.0 Å². The second-order valence-electron chi connectivity index (χ2n) is 4.15. The van der Waals surface area contributed by atoms with E-state index in [1.54, 1.807) is 16.8 Å². The first-order valence-corrected chi connectivity index (χ1v) is 5.45. The third-order valence-corrected chi connectivity index (χ3v) is 2.65. The van der Waals surface area contributed by atoms with Crippen LogP contribution >= 0.6 is 0 Å². The van der Waals surface area contributed by atoms with Gasteiger partial charge in [-0.05, 0) is 31.5 Å². The van der Waals surface area contributed by atoms with Crippen LogP contribution in [0.2, 0.25) is 0 Å². The maximum atomic E-state index is 11.8. The molecule has 0 saturated carbocycles. The average Bonchev–Trinajstić information content (AvgIpc) is 2.26. The van der Waals surface area contributed by atoms with Gasteiger partial charge in [-0.25, -0.2) is 0 Å². The summed E-state index contributed by atoms with van der Waals surface area (Å²) in [7, 11) is 0. The maximum absolute atomic E-state index is 11.8. The Bertz CT molecular complexity index is 602. The number of hydrogen-bond acceptors (Lipinski definition) is 3. The zero-order valence-corrected chi connectivity index (χ0v) is 9.97. The molecule has 2 rings (SSSR count). The van der Waals surface area contributed by atoms with Crippen LogP contribution in [-0.4, -0.2) is 9.55 Å². The topological polar surface area (TPSA) is 60.9 Å². The highest BCUT2D eigenvalue weighted by Crippen LogP contribution is 2.07. The number of nitrogen functional groups attached to an aromatic ring is 1. The second kappa shape index (κ2) is 4.41. The summed E-state index contributed by atoms with van der Waals surface area (Å²) in [6.45, 7) is 4.20. The summed E-state index contributed by atoms with van der Waals surface area (Å²) in [5.41, 5.74) is 8.97. The molecule has 0 spiro atoms. The fourth-order valence-electron chi connectivity index (χ4n) is 1.67. The Morgan fingerprint density at radius 3 is 2.82 bits per heavy atom. The summed E-state index contributed by atoms with van der Waals surface area (Å²) >= 11 is 0. The monoisotopic (exact) mass is 229 g/mol. The number of nitrogens with zero attached hydrogens (tertiary/aromatic N) is 2. The standard InChI is InChI=1S/C13H15N3O/c1-9-6-13(17)16(8-12(9)14)7-11-5-3-4-10(2)15-11/h3-6,8H,7,14H2,1-2H3. The molecule has 2 aromatic rings. The van der Waals surface area contributed by atoms with Crippen molar-refractivity contribution in [1.29, 1.82) is 0 Å². The maximum Gasteiger partial charge on any atom is 0.251 e. The first-order valence-electron chi connectivity index (χ1n) is 5.45. The molecule has 0 aliphatic heterocycles. The summed E-state index contributed by atoms with van der Waals surface area (Å²) in [5.74, 6) is 0. The van der Waals surface area contributed by atoms with E-state index in [1.807, 2.05) is 32.0 Å². The number of nitrogens with two attached hydrogens (primary N) is 1. The Morgan fingerprint density at radius 2 is 2.12 bits per heavy atom. The average molecular weight is 229 g/mol. The van der Waals surface area contributed by atoms with E-state index < -0.39 is 0 Å². The minimum absolute atomic E-state index is 0.0555. The van der Waals surface area contributed by atoms with Gasteiger partial charge in [0.2, 0.25) is 0 Å². The fraction of sp³-hybridized carbons (Fsp3) is 0.231. The summed E-state index contributed by atoms with van der Waals surface area (Å²) in [5, 5.41) is 0. The predicted molar refractivity (Wildman–Crippen MR) is 67.9 cm³/mol. The van der Waals surface area contributed by atoms with E-state index in [-0.39, 0.29) is 5.56 Å². The van der Waals surface area contributed by atoms with Gasteiger partial charge in [0.05, 0.1) is 17.9 Å². The molecule has 0 atom stereocenters. The highest BCUT2D eigenvalue weighted by Gasteiger charge is 2.02. The zero-order valence-electron chi connectivity index (χ0n) is 9.97. The van der Waals surface area contributed by atoms with Crippen molar-refractivity contribution in [3.05, 3.63) is 57.8 Å². The van der Waals surface area contributed by atoms with Crippen molar-refractivity contribution in [2.24, 2.45) is 0 Å². The number of anilines is 1. The lowest BCUT2D eigenvalue weighted by molar-refractivity contribution is 0.737. The molecule has 88 valence electrons. The lowest BCUT2D eigenvalue weighted by Crippen LogP contribution is -2.21. The van der Waals surface area contributed by atoms with Crippen molar-refractivity contribution in [3.63, 3.8) is 0 Å². The van der Waals surface area contributed by atoms with E-state index in [1.165, 1.54) is 0 Å². The van der Waals surface area contributed by atoms with Gasteiger partial charge in [0, 0.05) is 18.0 Å². The number of aromatic nitrogens is 2. The molecule has 17 heavy (non-hydrogen) atoms. The van der Waals surface area contributed by atoms with Crippen LogP contribution in [0.4, 0.5) is 5.69 Å². The summed E-state index contributed by atoms with van der Waals surface area (Å²) in [4.78, 5) is 16.1. The Balaban J connectivity index is 2.37. The SMILES string of the molecule is Cc1cccc(Cn2cc(N)c(C)cc2=O)n1. The lowest BCUT2D eigenvalue weighted by Gasteiger charge is -2.08. The Hall–Kier alpha value is -2.10. The summed E-state index contributed by atoms with van der Waals surface area (Å²) < 4.78 is 1.57. The van der Waals surface area contributed by atoms with Crippen molar-refractivity contribution in [2.45, 2.75) is 20.4 Å². The van der Waals surface area contributed by atoms with Crippen LogP contribution in [-0.2, 0) is 6.54 Å². The Labute approximate surface area is 99.7 Å². The van der Waals surface area contributed by atoms with Crippen molar-refractivity contribution < 1.29 is 0 Å². The molecule has 0 radical (unpaired) electrons. The van der Waals surface area contributed by atoms with Gasteiger partial charge in [0.1, 0.15) is 0 Å². The Morgan fingerprint density at radius 1 is 1.35 bits per heavy atom. The van der Waals surface area contributed by atoms with Gasteiger partial charge in [-0.3, -0.25) is 9.78 Å². The molecule has 0 aliphatic carbocycles. The molecule has 0 saturated heterocycles. The van der Waals surface area contributed by atoms with Crippen LogP contribution in [0.5, 0.6) is 0 Å². The molecule has 0 aliphatic rings. The fourth-order valence-corrected chi connectivity index (χ4v) is 1.67.